The molecule has 0 heterocycles. The van der Waals surface area contributed by atoms with E-state index >= 15 is 0 Å². The number of amides is 1. The molecule has 0 unspecified atom stereocenters. The van der Waals surface area contributed by atoms with Gasteiger partial charge in [-0.25, -0.2) is 0 Å². The van der Waals surface area contributed by atoms with E-state index in [4.69, 9.17) is 5.73 Å². The first-order chi connectivity index (χ1) is 9.58. The molecule has 0 aliphatic carbocycles. The summed E-state index contributed by atoms with van der Waals surface area (Å²) in [6.07, 6.45) is 0. The van der Waals surface area contributed by atoms with Crippen LogP contribution in [-0.4, -0.2) is 5.91 Å². The van der Waals surface area contributed by atoms with Gasteiger partial charge in [-0.3, -0.25) is 4.79 Å². The fourth-order valence-corrected chi connectivity index (χ4v) is 2.77. The number of carbonyl (C=O) groups excluding carboxylic acids is 1. The van der Waals surface area contributed by atoms with E-state index in [0.29, 0.717) is 6.54 Å². The molecule has 0 bridgehead atoms. The Morgan fingerprint density at radius 1 is 1.20 bits per heavy atom. The number of benzene rings is 2. The lowest BCUT2D eigenvalue weighted by atomic mass is 10.1. The summed E-state index contributed by atoms with van der Waals surface area (Å²) in [4.78, 5) is 13.3. The predicted molar refractivity (Wildman–Crippen MR) is 83.9 cm³/mol. The molecule has 3 N–H and O–H groups in total. The molecule has 0 aromatic heterocycles. The first-order valence-corrected chi connectivity index (χ1v) is 7.25. The summed E-state index contributed by atoms with van der Waals surface area (Å²) >= 11 is 1.71. The van der Waals surface area contributed by atoms with E-state index in [2.05, 4.69) is 30.4 Å². The van der Waals surface area contributed by atoms with Gasteiger partial charge in [-0.1, -0.05) is 23.9 Å². The molecule has 0 spiro atoms. The third-order valence-corrected chi connectivity index (χ3v) is 4.06. The maximum absolute atomic E-state index is 11.0. The van der Waals surface area contributed by atoms with Crippen molar-refractivity contribution in [1.29, 1.82) is 0 Å². The minimum Gasteiger partial charge on any atom is -0.326 e. The van der Waals surface area contributed by atoms with Gasteiger partial charge in [0.05, 0.1) is 0 Å². The fourth-order valence-electron chi connectivity index (χ4n) is 1.89. The maximum Gasteiger partial charge on any atom is 0.221 e. The van der Waals surface area contributed by atoms with E-state index in [1.807, 2.05) is 24.3 Å². The molecule has 0 aliphatic rings. The van der Waals surface area contributed by atoms with Crippen molar-refractivity contribution in [3.8, 4) is 0 Å². The van der Waals surface area contributed by atoms with Crippen LogP contribution in [0.4, 0.5) is 5.69 Å². The van der Waals surface area contributed by atoms with Crippen LogP contribution in [0.25, 0.3) is 0 Å². The Labute approximate surface area is 123 Å². The van der Waals surface area contributed by atoms with E-state index in [0.717, 1.165) is 16.1 Å². The van der Waals surface area contributed by atoms with E-state index in [1.165, 1.54) is 17.4 Å². The Kier molecular flexibility index (Phi) is 4.82. The van der Waals surface area contributed by atoms with Crippen molar-refractivity contribution in [1.82, 2.24) is 0 Å². The lowest BCUT2D eigenvalue weighted by Crippen LogP contribution is -2.05. The van der Waals surface area contributed by atoms with Gasteiger partial charge >= 0.3 is 0 Å². The van der Waals surface area contributed by atoms with Crippen molar-refractivity contribution >= 4 is 23.4 Å². The quantitative estimate of drug-likeness (QED) is 0.903. The largest absolute Gasteiger partial charge is 0.326 e. The van der Waals surface area contributed by atoms with Gasteiger partial charge in [-0.05, 0) is 48.4 Å². The number of hydrogen-bond donors (Lipinski definition) is 2. The summed E-state index contributed by atoms with van der Waals surface area (Å²) in [6.45, 7) is 4.16. The first kappa shape index (κ1) is 14.6. The highest BCUT2D eigenvalue weighted by Crippen LogP contribution is 2.31. The van der Waals surface area contributed by atoms with Crippen molar-refractivity contribution in [3.05, 3.63) is 53.6 Å². The highest BCUT2D eigenvalue weighted by molar-refractivity contribution is 7.99. The first-order valence-electron chi connectivity index (χ1n) is 6.43. The number of hydrogen-bond acceptors (Lipinski definition) is 3. The Bertz CT molecular complexity index is 608. The zero-order chi connectivity index (χ0) is 14.5. The summed E-state index contributed by atoms with van der Waals surface area (Å²) in [5.41, 5.74) is 8.83. The molecule has 4 heteroatoms. The minimum absolute atomic E-state index is 0.0568. The van der Waals surface area contributed by atoms with Gasteiger partial charge in [0.25, 0.3) is 0 Å². The molecule has 0 fully saturated rings. The normalized spacial score (nSPS) is 10.3. The van der Waals surface area contributed by atoms with E-state index in [-0.39, 0.29) is 5.91 Å². The second kappa shape index (κ2) is 6.59. The summed E-state index contributed by atoms with van der Waals surface area (Å²) in [6, 6.07) is 14.1. The van der Waals surface area contributed by atoms with Gasteiger partial charge in [0.1, 0.15) is 0 Å². The SMILES string of the molecule is CC(=O)Nc1ccc(Sc2ccc(CN)cc2C)cc1. The maximum atomic E-state index is 11.0. The van der Waals surface area contributed by atoms with Crippen LogP contribution in [0, 0.1) is 6.92 Å². The molecule has 1 amide bonds. The number of nitrogens with one attached hydrogen (secondary N) is 1. The molecule has 0 atom stereocenters. The van der Waals surface area contributed by atoms with Crippen molar-refractivity contribution in [2.45, 2.75) is 30.2 Å². The van der Waals surface area contributed by atoms with Crippen LogP contribution in [0.3, 0.4) is 0 Å². The van der Waals surface area contributed by atoms with Crippen LogP contribution in [0.5, 0.6) is 0 Å². The molecule has 104 valence electrons. The average Bonchev–Trinajstić information content (AvgIpc) is 2.42. The van der Waals surface area contributed by atoms with Crippen LogP contribution >= 0.6 is 11.8 Å². The third-order valence-electron chi connectivity index (χ3n) is 2.88. The molecule has 2 aromatic carbocycles. The van der Waals surface area contributed by atoms with Gasteiger partial charge in [0.15, 0.2) is 0 Å². The molecular formula is C16H18N2OS. The zero-order valence-electron chi connectivity index (χ0n) is 11.6. The number of rotatable bonds is 4. The van der Waals surface area contributed by atoms with Crippen molar-refractivity contribution < 1.29 is 4.79 Å². The lowest BCUT2D eigenvalue weighted by molar-refractivity contribution is -0.114. The summed E-state index contributed by atoms with van der Waals surface area (Å²) in [5.74, 6) is -0.0568. The van der Waals surface area contributed by atoms with Crippen molar-refractivity contribution in [3.63, 3.8) is 0 Å². The average molecular weight is 286 g/mol. The van der Waals surface area contributed by atoms with Crippen LogP contribution in [0.2, 0.25) is 0 Å². The Balaban J connectivity index is 2.12. The van der Waals surface area contributed by atoms with Gasteiger partial charge in [-0.15, -0.1) is 0 Å². The second-order valence-corrected chi connectivity index (χ2v) is 5.73. The number of aryl methyl sites for hydroxylation is 1. The highest BCUT2D eigenvalue weighted by Gasteiger charge is 2.03. The van der Waals surface area contributed by atoms with Gasteiger partial charge in [0, 0.05) is 28.9 Å². The van der Waals surface area contributed by atoms with Crippen LogP contribution < -0.4 is 11.1 Å². The Morgan fingerprint density at radius 2 is 1.90 bits per heavy atom. The number of carbonyl (C=O) groups is 1. The summed E-state index contributed by atoms with van der Waals surface area (Å²) in [5, 5.41) is 2.76. The molecule has 0 saturated carbocycles. The molecule has 0 radical (unpaired) electrons. The molecule has 2 aromatic rings. The fraction of sp³-hybridized carbons (Fsp3) is 0.188. The summed E-state index contributed by atoms with van der Waals surface area (Å²) < 4.78 is 0. The van der Waals surface area contributed by atoms with Crippen LogP contribution in [-0.2, 0) is 11.3 Å². The molecule has 3 nitrogen and oxygen atoms in total. The molecule has 0 saturated heterocycles. The molecule has 20 heavy (non-hydrogen) atoms. The smallest absolute Gasteiger partial charge is 0.221 e. The third kappa shape index (κ3) is 3.85. The van der Waals surface area contributed by atoms with Gasteiger partial charge in [-0.2, -0.15) is 0 Å². The van der Waals surface area contributed by atoms with E-state index in [1.54, 1.807) is 11.8 Å². The highest BCUT2D eigenvalue weighted by atomic mass is 32.2. The van der Waals surface area contributed by atoms with E-state index < -0.39 is 0 Å². The minimum atomic E-state index is -0.0568. The standard InChI is InChI=1S/C16H18N2OS/c1-11-9-13(10-17)3-8-16(11)20-15-6-4-14(5-7-15)18-12(2)19/h3-9H,10,17H2,1-2H3,(H,18,19). The van der Waals surface area contributed by atoms with Gasteiger partial charge in [0.2, 0.25) is 5.91 Å². The van der Waals surface area contributed by atoms with Crippen LogP contribution in [0.1, 0.15) is 18.1 Å². The zero-order valence-corrected chi connectivity index (χ0v) is 12.5. The van der Waals surface area contributed by atoms with Crippen LogP contribution in [0.15, 0.2) is 52.3 Å². The van der Waals surface area contributed by atoms with Gasteiger partial charge < -0.3 is 11.1 Å². The van der Waals surface area contributed by atoms with Crippen molar-refractivity contribution in [2.24, 2.45) is 5.73 Å². The number of nitrogens with two attached hydrogens (primary N) is 1. The van der Waals surface area contributed by atoms with Crippen molar-refractivity contribution in [2.75, 3.05) is 5.32 Å². The Hall–Kier alpha value is -1.78. The molecule has 0 aliphatic heterocycles. The molecular weight excluding hydrogens is 268 g/mol. The van der Waals surface area contributed by atoms with E-state index in [9.17, 15) is 4.79 Å². The number of anilines is 1. The monoisotopic (exact) mass is 286 g/mol. The topological polar surface area (TPSA) is 55.1 Å². The Morgan fingerprint density at radius 3 is 2.45 bits per heavy atom. The predicted octanol–water partition coefficient (Wildman–Crippen LogP) is 3.56. The second-order valence-electron chi connectivity index (χ2n) is 4.61. The molecule has 2 rings (SSSR count). The lowest BCUT2D eigenvalue weighted by Gasteiger charge is -2.08. The summed E-state index contributed by atoms with van der Waals surface area (Å²) in [7, 11) is 0.